The first kappa shape index (κ1) is 20.5. The highest BCUT2D eigenvalue weighted by Gasteiger charge is 2.23. The van der Waals surface area contributed by atoms with Crippen LogP contribution in [0, 0.1) is 0 Å². The van der Waals surface area contributed by atoms with Crippen LogP contribution in [0.1, 0.15) is 38.3 Å². The number of nitrogens with one attached hydrogen (secondary N) is 2. The number of nitrogens with zero attached hydrogens (tertiary/aromatic N) is 2. The molecule has 0 aromatic heterocycles. The molecule has 0 aliphatic carbocycles. The predicted molar refractivity (Wildman–Crippen MR) is 107 cm³/mol. The summed E-state index contributed by atoms with van der Waals surface area (Å²) in [6.45, 7) is 10.1. The van der Waals surface area contributed by atoms with Crippen LogP contribution < -0.4 is 15.4 Å². The topological polar surface area (TPSA) is 58.1 Å². The maximum atomic E-state index is 5.41. The molecule has 2 N–H and O–H groups in total. The van der Waals surface area contributed by atoms with Crippen LogP contribution in [-0.2, 0) is 4.74 Å². The minimum Gasteiger partial charge on any atom is -0.497 e. The number of hydrogen-bond acceptors (Lipinski definition) is 4. The van der Waals surface area contributed by atoms with E-state index in [1.165, 1.54) is 18.4 Å². The lowest BCUT2D eigenvalue weighted by Gasteiger charge is -2.27. The first-order valence-corrected chi connectivity index (χ1v) is 9.76. The number of hydrogen-bond donors (Lipinski definition) is 2. The molecule has 26 heavy (non-hydrogen) atoms. The average Bonchev–Trinajstić information content (AvgIpc) is 3.20. The first-order chi connectivity index (χ1) is 12.8. The van der Waals surface area contributed by atoms with Gasteiger partial charge in [0.25, 0.3) is 0 Å². The zero-order valence-electron chi connectivity index (χ0n) is 16.5. The Morgan fingerprint density at radius 3 is 2.73 bits per heavy atom. The average molecular weight is 363 g/mol. The molecule has 1 aliphatic heterocycles. The molecule has 1 aromatic carbocycles. The van der Waals surface area contributed by atoms with Gasteiger partial charge in [0.15, 0.2) is 5.96 Å². The molecule has 0 saturated carbocycles. The predicted octanol–water partition coefficient (Wildman–Crippen LogP) is 2.42. The third-order valence-corrected chi connectivity index (χ3v) is 4.57. The van der Waals surface area contributed by atoms with Crippen LogP contribution in [0.25, 0.3) is 0 Å². The Hall–Kier alpha value is -1.79. The summed E-state index contributed by atoms with van der Waals surface area (Å²) < 4.78 is 10.8. The molecule has 0 amide bonds. The van der Waals surface area contributed by atoms with Crippen LogP contribution in [0.3, 0.4) is 0 Å². The summed E-state index contributed by atoms with van der Waals surface area (Å²) in [4.78, 5) is 7.37. The van der Waals surface area contributed by atoms with Gasteiger partial charge < -0.3 is 20.1 Å². The Bertz CT molecular complexity index is 544. The highest BCUT2D eigenvalue weighted by atomic mass is 16.5. The van der Waals surface area contributed by atoms with E-state index in [1.54, 1.807) is 7.11 Å². The van der Waals surface area contributed by atoms with Gasteiger partial charge in [0.1, 0.15) is 5.75 Å². The van der Waals surface area contributed by atoms with Crippen molar-refractivity contribution in [3.8, 4) is 5.75 Å². The molecule has 2 rings (SSSR count). The van der Waals surface area contributed by atoms with Gasteiger partial charge in [-0.15, -0.1) is 0 Å². The Kier molecular flexibility index (Phi) is 9.28. The second-order valence-electron chi connectivity index (χ2n) is 6.38. The lowest BCUT2D eigenvalue weighted by molar-refractivity contribution is 0.152. The maximum absolute atomic E-state index is 5.41. The van der Waals surface area contributed by atoms with Crippen LogP contribution in [-0.4, -0.2) is 63.9 Å². The van der Waals surface area contributed by atoms with Crippen molar-refractivity contribution in [3.05, 3.63) is 29.8 Å². The summed E-state index contributed by atoms with van der Waals surface area (Å²) in [6.07, 6.45) is 2.52. The number of methoxy groups -OCH3 is 1. The van der Waals surface area contributed by atoms with Crippen molar-refractivity contribution in [1.82, 2.24) is 15.5 Å². The summed E-state index contributed by atoms with van der Waals surface area (Å²) in [5.41, 5.74) is 1.26. The Morgan fingerprint density at radius 2 is 2.04 bits per heavy atom. The number of guanidine groups is 1. The zero-order valence-corrected chi connectivity index (χ0v) is 16.5. The van der Waals surface area contributed by atoms with E-state index in [0.717, 1.165) is 51.0 Å². The summed E-state index contributed by atoms with van der Waals surface area (Å²) in [6, 6.07) is 8.64. The Morgan fingerprint density at radius 1 is 1.23 bits per heavy atom. The van der Waals surface area contributed by atoms with Crippen molar-refractivity contribution in [1.29, 1.82) is 0 Å². The molecule has 6 heteroatoms. The molecule has 1 unspecified atom stereocenters. The molecular weight excluding hydrogens is 328 g/mol. The fraction of sp³-hybridized carbons (Fsp3) is 0.650. The summed E-state index contributed by atoms with van der Waals surface area (Å²) in [5, 5.41) is 6.67. The molecule has 1 aliphatic rings. The van der Waals surface area contributed by atoms with Gasteiger partial charge in [0.05, 0.1) is 26.3 Å². The number of aliphatic imine (C=N–C) groups is 1. The van der Waals surface area contributed by atoms with Crippen molar-refractivity contribution >= 4 is 5.96 Å². The molecule has 1 heterocycles. The van der Waals surface area contributed by atoms with E-state index < -0.39 is 0 Å². The molecule has 0 bridgehead atoms. The molecule has 1 saturated heterocycles. The second-order valence-corrected chi connectivity index (χ2v) is 6.38. The number of likely N-dealkylation sites (tertiary alicyclic amines) is 1. The van der Waals surface area contributed by atoms with Gasteiger partial charge in [-0.1, -0.05) is 12.1 Å². The van der Waals surface area contributed by atoms with E-state index in [2.05, 4.69) is 40.7 Å². The summed E-state index contributed by atoms with van der Waals surface area (Å²) >= 11 is 0. The van der Waals surface area contributed by atoms with Crippen molar-refractivity contribution in [3.63, 3.8) is 0 Å². The third-order valence-electron chi connectivity index (χ3n) is 4.57. The maximum Gasteiger partial charge on any atom is 0.191 e. The minimum atomic E-state index is 0.273. The monoisotopic (exact) mass is 362 g/mol. The van der Waals surface area contributed by atoms with E-state index in [9.17, 15) is 0 Å². The van der Waals surface area contributed by atoms with Crippen LogP contribution in [0.4, 0.5) is 0 Å². The van der Waals surface area contributed by atoms with Gasteiger partial charge in [-0.2, -0.15) is 0 Å². The van der Waals surface area contributed by atoms with Crippen molar-refractivity contribution in [2.75, 3.05) is 53.0 Å². The Labute approximate surface area is 158 Å². The Balaban J connectivity index is 2.08. The quantitative estimate of drug-likeness (QED) is 0.380. The number of benzene rings is 1. The van der Waals surface area contributed by atoms with Gasteiger partial charge in [-0.25, -0.2) is 0 Å². The third kappa shape index (κ3) is 6.50. The molecule has 6 nitrogen and oxygen atoms in total. The van der Waals surface area contributed by atoms with Crippen LogP contribution >= 0.6 is 0 Å². The van der Waals surface area contributed by atoms with Gasteiger partial charge in [-0.3, -0.25) is 9.89 Å². The van der Waals surface area contributed by atoms with Gasteiger partial charge in [-0.05, 0) is 57.5 Å². The first-order valence-electron chi connectivity index (χ1n) is 9.76. The zero-order chi connectivity index (χ0) is 18.6. The standard InChI is InChI=1S/C20H34N4O2/c1-4-21-20(22-11-14-26-5-2)23-16-19(24-12-6-7-13-24)17-9-8-10-18(15-17)25-3/h8-10,15,19H,4-7,11-14,16H2,1-3H3,(H2,21,22,23). The summed E-state index contributed by atoms with van der Waals surface area (Å²) in [5.74, 6) is 1.75. The van der Waals surface area contributed by atoms with Gasteiger partial charge in [0, 0.05) is 19.7 Å². The largest absolute Gasteiger partial charge is 0.497 e. The van der Waals surface area contributed by atoms with Crippen LogP contribution in [0.5, 0.6) is 5.75 Å². The highest BCUT2D eigenvalue weighted by Crippen LogP contribution is 2.27. The van der Waals surface area contributed by atoms with Crippen molar-refractivity contribution in [2.24, 2.45) is 4.99 Å². The molecular formula is C20H34N4O2. The molecule has 146 valence electrons. The fourth-order valence-corrected chi connectivity index (χ4v) is 3.24. The van der Waals surface area contributed by atoms with E-state index in [4.69, 9.17) is 14.5 Å². The summed E-state index contributed by atoms with van der Waals surface area (Å²) in [7, 11) is 1.72. The van der Waals surface area contributed by atoms with Crippen molar-refractivity contribution < 1.29 is 9.47 Å². The highest BCUT2D eigenvalue weighted by molar-refractivity contribution is 5.79. The molecule has 0 spiro atoms. The SMILES string of the molecule is CCNC(=NCC(c1cccc(OC)c1)N1CCCC1)NCCOCC. The number of ether oxygens (including phenoxy) is 2. The normalized spacial score (nSPS) is 16.5. The molecule has 1 fully saturated rings. The fourth-order valence-electron chi connectivity index (χ4n) is 3.24. The van der Waals surface area contributed by atoms with E-state index in [1.807, 2.05) is 13.0 Å². The van der Waals surface area contributed by atoms with Gasteiger partial charge in [0.2, 0.25) is 0 Å². The van der Waals surface area contributed by atoms with Gasteiger partial charge >= 0.3 is 0 Å². The lowest BCUT2D eigenvalue weighted by Crippen LogP contribution is -2.40. The smallest absolute Gasteiger partial charge is 0.191 e. The number of rotatable bonds is 10. The van der Waals surface area contributed by atoms with Crippen molar-refractivity contribution in [2.45, 2.75) is 32.7 Å². The van der Waals surface area contributed by atoms with E-state index in [-0.39, 0.29) is 6.04 Å². The minimum absolute atomic E-state index is 0.273. The molecule has 1 aromatic rings. The lowest BCUT2D eigenvalue weighted by atomic mass is 10.1. The van der Waals surface area contributed by atoms with E-state index in [0.29, 0.717) is 6.61 Å². The van der Waals surface area contributed by atoms with E-state index >= 15 is 0 Å². The molecule has 0 radical (unpaired) electrons. The van der Waals surface area contributed by atoms with Crippen LogP contribution in [0.15, 0.2) is 29.3 Å². The molecule has 1 atom stereocenters. The second kappa shape index (κ2) is 11.8. The van der Waals surface area contributed by atoms with Crippen LogP contribution in [0.2, 0.25) is 0 Å².